The van der Waals surface area contributed by atoms with Crippen LogP contribution in [0.15, 0.2) is 48.5 Å². The van der Waals surface area contributed by atoms with Gasteiger partial charge in [0.15, 0.2) is 0 Å². The number of rotatable bonds is 4. The second-order valence-corrected chi connectivity index (χ2v) is 7.84. The third-order valence-electron chi connectivity index (χ3n) is 5.90. The van der Waals surface area contributed by atoms with E-state index in [2.05, 4.69) is 41.5 Å². The van der Waals surface area contributed by atoms with Crippen LogP contribution in [0.25, 0.3) is 0 Å². The van der Waals surface area contributed by atoms with E-state index in [1.54, 1.807) is 0 Å². The first-order chi connectivity index (χ1) is 13.6. The molecule has 0 spiro atoms. The van der Waals surface area contributed by atoms with E-state index in [9.17, 15) is 9.59 Å². The highest BCUT2D eigenvalue weighted by molar-refractivity contribution is 5.98. The summed E-state index contributed by atoms with van der Waals surface area (Å²) in [5.74, 6) is 0.150. The van der Waals surface area contributed by atoms with Gasteiger partial charge in [-0.1, -0.05) is 30.3 Å². The predicted octanol–water partition coefficient (Wildman–Crippen LogP) is 3.31. The van der Waals surface area contributed by atoms with Gasteiger partial charge < -0.3 is 10.2 Å². The van der Waals surface area contributed by atoms with E-state index in [4.69, 9.17) is 0 Å². The van der Waals surface area contributed by atoms with Crippen molar-refractivity contribution >= 4 is 17.5 Å². The van der Waals surface area contributed by atoms with E-state index in [-0.39, 0.29) is 11.8 Å². The fourth-order valence-corrected chi connectivity index (χ4v) is 4.21. The Labute approximate surface area is 166 Å². The van der Waals surface area contributed by atoms with Crippen molar-refractivity contribution in [1.82, 2.24) is 9.80 Å². The maximum atomic E-state index is 12.9. The highest BCUT2D eigenvalue weighted by atomic mass is 16.2. The molecular weight excluding hydrogens is 350 g/mol. The third-order valence-corrected chi connectivity index (χ3v) is 5.90. The average molecular weight is 377 g/mol. The van der Waals surface area contributed by atoms with Gasteiger partial charge in [0, 0.05) is 43.3 Å². The van der Waals surface area contributed by atoms with Crippen LogP contribution in [-0.4, -0.2) is 47.8 Å². The lowest BCUT2D eigenvalue weighted by Gasteiger charge is -2.37. The molecule has 0 aliphatic carbocycles. The van der Waals surface area contributed by atoms with E-state index in [1.807, 2.05) is 29.2 Å². The van der Waals surface area contributed by atoms with Crippen LogP contribution >= 0.6 is 0 Å². The molecule has 146 valence electrons. The van der Waals surface area contributed by atoms with Gasteiger partial charge in [0.25, 0.3) is 5.91 Å². The van der Waals surface area contributed by atoms with Crippen molar-refractivity contribution in [2.45, 2.75) is 38.3 Å². The minimum atomic E-state index is 0.0493. The van der Waals surface area contributed by atoms with Crippen molar-refractivity contribution in [3.63, 3.8) is 0 Å². The summed E-state index contributed by atoms with van der Waals surface area (Å²) in [6.45, 7) is 2.52. The molecule has 5 nitrogen and oxygen atoms in total. The molecule has 1 saturated heterocycles. The summed E-state index contributed by atoms with van der Waals surface area (Å²) in [4.78, 5) is 28.8. The van der Waals surface area contributed by atoms with Gasteiger partial charge in [-0.2, -0.15) is 0 Å². The number of hydrogen-bond acceptors (Lipinski definition) is 3. The lowest BCUT2D eigenvalue weighted by atomic mass is 9.98. The second kappa shape index (κ2) is 8.15. The van der Waals surface area contributed by atoms with Gasteiger partial charge in [-0.05, 0) is 55.6 Å². The Morgan fingerprint density at radius 3 is 2.61 bits per heavy atom. The van der Waals surface area contributed by atoms with Crippen LogP contribution in [0.5, 0.6) is 0 Å². The molecular formula is C23H27N3O2. The number of carbonyl (C=O) groups is 2. The smallest absolute Gasteiger partial charge is 0.253 e. The van der Waals surface area contributed by atoms with Crippen molar-refractivity contribution in [3.8, 4) is 0 Å². The third kappa shape index (κ3) is 4.09. The molecule has 2 amide bonds. The zero-order valence-electron chi connectivity index (χ0n) is 16.4. The first kappa shape index (κ1) is 18.7. The molecule has 0 saturated carbocycles. The molecule has 4 rings (SSSR count). The molecule has 2 aliphatic heterocycles. The summed E-state index contributed by atoms with van der Waals surface area (Å²) in [5, 5.41) is 2.87. The SMILES string of the molecule is CN(Cc1ccccc1)C1CCN(C(=O)c2ccc3c(c2)CCC(=O)N3)CC1. The summed E-state index contributed by atoms with van der Waals surface area (Å²) in [6.07, 6.45) is 3.19. The van der Waals surface area contributed by atoms with Gasteiger partial charge in [0.05, 0.1) is 0 Å². The number of amides is 2. The molecule has 0 unspecified atom stereocenters. The van der Waals surface area contributed by atoms with Gasteiger partial charge in [-0.15, -0.1) is 0 Å². The summed E-state index contributed by atoms with van der Waals surface area (Å²) in [7, 11) is 2.17. The minimum Gasteiger partial charge on any atom is -0.339 e. The van der Waals surface area contributed by atoms with Crippen LogP contribution in [0, 0.1) is 0 Å². The van der Waals surface area contributed by atoms with Crippen molar-refractivity contribution in [2.75, 3.05) is 25.5 Å². The van der Waals surface area contributed by atoms with Gasteiger partial charge in [0.1, 0.15) is 0 Å². The molecule has 2 aliphatic rings. The molecule has 2 aromatic rings. The zero-order chi connectivity index (χ0) is 19.5. The van der Waals surface area contributed by atoms with Gasteiger partial charge in [0.2, 0.25) is 5.91 Å². The van der Waals surface area contributed by atoms with Crippen LogP contribution in [0.4, 0.5) is 5.69 Å². The van der Waals surface area contributed by atoms with Gasteiger partial charge >= 0.3 is 0 Å². The molecule has 0 bridgehead atoms. The molecule has 1 N–H and O–H groups in total. The molecule has 0 atom stereocenters. The number of aryl methyl sites for hydroxylation is 1. The first-order valence-corrected chi connectivity index (χ1v) is 10.1. The molecule has 2 heterocycles. The first-order valence-electron chi connectivity index (χ1n) is 10.1. The van der Waals surface area contributed by atoms with Crippen LogP contribution < -0.4 is 5.32 Å². The maximum absolute atomic E-state index is 12.9. The minimum absolute atomic E-state index is 0.0493. The Balaban J connectivity index is 1.34. The summed E-state index contributed by atoms with van der Waals surface area (Å²) < 4.78 is 0. The number of likely N-dealkylation sites (tertiary alicyclic amines) is 1. The quantitative estimate of drug-likeness (QED) is 0.889. The number of anilines is 1. The van der Waals surface area contributed by atoms with E-state index in [1.165, 1.54) is 5.56 Å². The van der Waals surface area contributed by atoms with Gasteiger partial charge in [-0.3, -0.25) is 14.5 Å². The fraction of sp³-hybridized carbons (Fsp3) is 0.391. The molecule has 1 fully saturated rings. The Morgan fingerprint density at radius 2 is 1.86 bits per heavy atom. The Hall–Kier alpha value is -2.66. The number of benzene rings is 2. The number of nitrogens with zero attached hydrogens (tertiary/aromatic N) is 2. The highest BCUT2D eigenvalue weighted by Gasteiger charge is 2.26. The Kier molecular flexibility index (Phi) is 5.44. The molecule has 5 heteroatoms. The number of piperidine rings is 1. The Morgan fingerprint density at radius 1 is 1.11 bits per heavy atom. The van der Waals surface area contributed by atoms with Crippen molar-refractivity contribution < 1.29 is 9.59 Å². The zero-order valence-corrected chi connectivity index (χ0v) is 16.4. The molecule has 0 radical (unpaired) electrons. The van der Waals surface area contributed by atoms with E-state index < -0.39 is 0 Å². The Bertz CT molecular complexity index is 857. The maximum Gasteiger partial charge on any atom is 0.253 e. The van der Waals surface area contributed by atoms with E-state index in [0.717, 1.165) is 49.3 Å². The summed E-state index contributed by atoms with van der Waals surface area (Å²) in [5.41, 5.74) is 3.95. The van der Waals surface area contributed by atoms with Crippen LogP contribution in [0.1, 0.15) is 40.7 Å². The van der Waals surface area contributed by atoms with Crippen molar-refractivity contribution in [2.24, 2.45) is 0 Å². The monoisotopic (exact) mass is 377 g/mol. The summed E-state index contributed by atoms with van der Waals surface area (Å²) >= 11 is 0. The highest BCUT2D eigenvalue weighted by Crippen LogP contribution is 2.25. The number of carbonyl (C=O) groups excluding carboxylic acids is 2. The topological polar surface area (TPSA) is 52.7 Å². The lowest BCUT2D eigenvalue weighted by Crippen LogP contribution is -2.45. The fourth-order valence-electron chi connectivity index (χ4n) is 4.21. The predicted molar refractivity (Wildman–Crippen MR) is 110 cm³/mol. The second-order valence-electron chi connectivity index (χ2n) is 7.84. The molecule has 28 heavy (non-hydrogen) atoms. The van der Waals surface area contributed by atoms with Crippen LogP contribution in [0.3, 0.4) is 0 Å². The normalized spacial score (nSPS) is 17.4. The van der Waals surface area contributed by atoms with Crippen molar-refractivity contribution in [1.29, 1.82) is 0 Å². The molecule has 2 aromatic carbocycles. The van der Waals surface area contributed by atoms with Crippen LogP contribution in [0.2, 0.25) is 0 Å². The van der Waals surface area contributed by atoms with E-state index in [0.29, 0.717) is 18.9 Å². The number of fused-ring (bicyclic) bond motifs is 1. The average Bonchev–Trinajstić information content (AvgIpc) is 2.73. The number of nitrogens with one attached hydrogen (secondary N) is 1. The largest absolute Gasteiger partial charge is 0.339 e. The van der Waals surface area contributed by atoms with Gasteiger partial charge in [-0.25, -0.2) is 0 Å². The lowest BCUT2D eigenvalue weighted by molar-refractivity contribution is -0.116. The summed E-state index contributed by atoms with van der Waals surface area (Å²) in [6, 6.07) is 16.7. The van der Waals surface area contributed by atoms with Crippen LogP contribution in [-0.2, 0) is 17.8 Å². The van der Waals surface area contributed by atoms with E-state index >= 15 is 0 Å². The number of hydrogen-bond donors (Lipinski definition) is 1. The molecule has 0 aromatic heterocycles. The standard InChI is InChI=1S/C23H27N3O2/c1-25(16-17-5-3-2-4-6-17)20-11-13-26(14-12-20)23(28)19-7-9-21-18(15-19)8-10-22(27)24-21/h2-7,9,15,20H,8,10-14,16H2,1H3,(H,24,27). The van der Waals surface area contributed by atoms with Crippen molar-refractivity contribution in [3.05, 3.63) is 65.2 Å².